The van der Waals surface area contributed by atoms with Gasteiger partial charge in [-0.2, -0.15) is 0 Å². The molecule has 1 saturated heterocycles. The van der Waals surface area contributed by atoms with Crippen molar-refractivity contribution in [3.05, 3.63) is 60.1 Å². The average molecular weight is 431 g/mol. The van der Waals surface area contributed by atoms with Gasteiger partial charge in [-0.15, -0.1) is 0 Å². The van der Waals surface area contributed by atoms with E-state index < -0.39 is 0 Å². The number of methoxy groups -OCH3 is 1. The molecule has 6 heteroatoms. The van der Waals surface area contributed by atoms with Gasteiger partial charge in [-0.3, -0.25) is 4.98 Å². The van der Waals surface area contributed by atoms with E-state index in [1.807, 2.05) is 24.4 Å². The highest BCUT2D eigenvalue weighted by molar-refractivity contribution is 6.03. The lowest BCUT2D eigenvalue weighted by Gasteiger charge is -2.27. The Kier molecular flexibility index (Phi) is 5.86. The van der Waals surface area contributed by atoms with Gasteiger partial charge >= 0.3 is 0 Å². The molecule has 0 bridgehead atoms. The summed E-state index contributed by atoms with van der Waals surface area (Å²) in [6.07, 6.45) is 11.4. The minimum Gasteiger partial charge on any atom is -0.492 e. The van der Waals surface area contributed by atoms with Crippen molar-refractivity contribution in [3.63, 3.8) is 0 Å². The van der Waals surface area contributed by atoms with Crippen LogP contribution in [0.4, 0.5) is 11.4 Å². The van der Waals surface area contributed by atoms with Crippen LogP contribution >= 0.6 is 0 Å². The molecule has 0 unspecified atom stereocenters. The normalized spacial score (nSPS) is 15.8. The van der Waals surface area contributed by atoms with Crippen molar-refractivity contribution < 1.29 is 9.47 Å². The Balaban J connectivity index is 1.40. The van der Waals surface area contributed by atoms with Crippen molar-refractivity contribution in [3.8, 4) is 11.5 Å². The van der Waals surface area contributed by atoms with Crippen LogP contribution in [0.2, 0.25) is 0 Å². The van der Waals surface area contributed by atoms with E-state index in [0.29, 0.717) is 6.61 Å². The van der Waals surface area contributed by atoms with Crippen LogP contribution in [0, 0.1) is 0 Å². The van der Waals surface area contributed by atoms with Gasteiger partial charge in [0.2, 0.25) is 0 Å². The van der Waals surface area contributed by atoms with Crippen LogP contribution in [0.1, 0.15) is 30.4 Å². The van der Waals surface area contributed by atoms with Crippen molar-refractivity contribution in [2.75, 3.05) is 44.0 Å². The Morgan fingerprint density at radius 3 is 2.78 bits per heavy atom. The molecule has 0 atom stereocenters. The summed E-state index contributed by atoms with van der Waals surface area (Å²) in [7, 11) is 1.70. The maximum Gasteiger partial charge on any atom is 0.168 e. The number of hydrogen-bond donors (Lipinski definition) is 1. The summed E-state index contributed by atoms with van der Waals surface area (Å²) in [6.45, 7) is 4.92. The topological polar surface area (TPSA) is 63.9 Å². The quantitative estimate of drug-likeness (QED) is 0.434. The molecular weight excluding hydrogens is 400 g/mol. The van der Waals surface area contributed by atoms with E-state index in [1.54, 1.807) is 13.3 Å². The van der Waals surface area contributed by atoms with Crippen LogP contribution in [-0.4, -0.2) is 43.2 Å². The second-order valence-electron chi connectivity index (χ2n) is 8.46. The van der Waals surface area contributed by atoms with Crippen LogP contribution in [0.15, 0.2) is 48.9 Å². The van der Waals surface area contributed by atoms with Crippen LogP contribution in [-0.2, 0) is 6.54 Å². The third-order valence-electron chi connectivity index (χ3n) is 6.42. The van der Waals surface area contributed by atoms with Gasteiger partial charge in [0, 0.05) is 47.5 Å². The second kappa shape index (κ2) is 9.09. The van der Waals surface area contributed by atoms with Gasteiger partial charge in [-0.1, -0.05) is 0 Å². The highest BCUT2D eigenvalue weighted by atomic mass is 16.5. The van der Waals surface area contributed by atoms with Gasteiger partial charge in [0.05, 0.1) is 25.6 Å². The summed E-state index contributed by atoms with van der Waals surface area (Å²) in [4.78, 5) is 8.92. The zero-order valence-electron chi connectivity index (χ0n) is 18.6. The first-order valence-electron chi connectivity index (χ1n) is 11.4. The predicted octanol–water partition coefficient (Wildman–Crippen LogP) is 4.68. The number of nitrogens with zero attached hydrogens (tertiary/aromatic N) is 3. The molecule has 0 radical (unpaired) electrons. The number of rotatable bonds is 7. The molecule has 2 N–H and O–H groups in total. The lowest BCUT2D eigenvalue weighted by molar-refractivity contribution is 0.255. The fourth-order valence-corrected chi connectivity index (χ4v) is 4.76. The maximum atomic E-state index is 6.61. The highest BCUT2D eigenvalue weighted by Crippen LogP contribution is 2.42. The van der Waals surface area contributed by atoms with Crippen LogP contribution in [0.3, 0.4) is 0 Å². The number of anilines is 2. The number of pyridine rings is 1. The number of ether oxygens (including phenoxy) is 2. The zero-order chi connectivity index (χ0) is 21.9. The van der Waals surface area contributed by atoms with Crippen molar-refractivity contribution in [1.82, 2.24) is 9.88 Å². The Bertz CT molecular complexity index is 1120. The van der Waals surface area contributed by atoms with E-state index in [2.05, 4.69) is 39.2 Å². The molecule has 3 heterocycles. The third kappa shape index (κ3) is 3.98. The first-order chi connectivity index (χ1) is 15.7. The molecule has 0 saturated carbocycles. The van der Waals surface area contributed by atoms with Gasteiger partial charge in [0.15, 0.2) is 11.5 Å². The van der Waals surface area contributed by atoms with Crippen molar-refractivity contribution in [1.29, 1.82) is 0 Å². The number of hydrogen-bond acceptors (Lipinski definition) is 6. The molecule has 0 amide bonds. The summed E-state index contributed by atoms with van der Waals surface area (Å²) in [6, 6.07) is 10.2. The average Bonchev–Trinajstić information content (AvgIpc) is 3.35. The number of nitrogen functional groups attached to an aromatic ring is 1. The monoisotopic (exact) mass is 430 g/mol. The number of benzene rings is 2. The molecule has 166 valence electrons. The second-order valence-corrected chi connectivity index (χ2v) is 8.46. The van der Waals surface area contributed by atoms with Gasteiger partial charge < -0.3 is 25.0 Å². The van der Waals surface area contributed by atoms with E-state index in [9.17, 15) is 0 Å². The number of likely N-dealkylation sites (tertiary alicyclic amines) is 1. The third-order valence-corrected chi connectivity index (χ3v) is 6.42. The molecule has 2 aromatic carbocycles. The molecule has 1 fully saturated rings. The van der Waals surface area contributed by atoms with Gasteiger partial charge in [0.1, 0.15) is 0 Å². The summed E-state index contributed by atoms with van der Waals surface area (Å²) in [5.74, 6) is 1.52. The highest BCUT2D eigenvalue weighted by Gasteiger charge is 2.20. The minimum atomic E-state index is 0.677. The van der Waals surface area contributed by atoms with Crippen LogP contribution in [0.5, 0.6) is 11.5 Å². The molecule has 0 spiro atoms. The molecular formula is C26H30N4O2. The number of nitrogens with two attached hydrogens (primary N) is 1. The lowest BCUT2D eigenvalue weighted by atomic mass is 9.95. The Hall–Kier alpha value is -3.25. The zero-order valence-corrected chi connectivity index (χ0v) is 18.6. The van der Waals surface area contributed by atoms with E-state index in [0.717, 1.165) is 64.3 Å². The molecule has 2 aliphatic heterocycles. The van der Waals surface area contributed by atoms with E-state index in [-0.39, 0.29) is 0 Å². The van der Waals surface area contributed by atoms with Gasteiger partial charge in [-0.05, 0) is 74.3 Å². The fourth-order valence-electron chi connectivity index (χ4n) is 4.76. The van der Waals surface area contributed by atoms with E-state index in [1.165, 1.54) is 25.9 Å². The van der Waals surface area contributed by atoms with E-state index >= 15 is 0 Å². The summed E-state index contributed by atoms with van der Waals surface area (Å²) in [5.41, 5.74) is 10.7. The van der Waals surface area contributed by atoms with E-state index in [4.69, 9.17) is 15.2 Å². The lowest BCUT2D eigenvalue weighted by Crippen LogP contribution is -2.22. The minimum absolute atomic E-state index is 0.677. The SMILES string of the molecule is COc1c(OCCCN2CCCC2)ccc2c(N)c3c(cc12)CN(c1cccnc1)C=C3. The van der Waals surface area contributed by atoms with Gasteiger partial charge in [0.25, 0.3) is 0 Å². The molecule has 3 aromatic rings. The first kappa shape index (κ1) is 20.6. The first-order valence-corrected chi connectivity index (χ1v) is 11.4. The van der Waals surface area contributed by atoms with Crippen LogP contribution in [0.25, 0.3) is 16.8 Å². The Labute approximate surface area is 189 Å². The predicted molar refractivity (Wildman–Crippen MR) is 130 cm³/mol. The summed E-state index contributed by atoms with van der Waals surface area (Å²) < 4.78 is 12.0. The molecule has 5 rings (SSSR count). The Morgan fingerprint density at radius 2 is 2.00 bits per heavy atom. The molecule has 1 aromatic heterocycles. The van der Waals surface area contributed by atoms with Crippen molar-refractivity contribution in [2.45, 2.75) is 25.8 Å². The Morgan fingerprint density at radius 1 is 1.12 bits per heavy atom. The standard InChI is InChI=1S/C26H30N4O2/c1-31-26-23-16-19-18-30(20-6-4-10-28-17-20)14-9-21(19)25(27)22(23)7-8-24(26)32-15-5-13-29-11-2-3-12-29/h4,6-10,14,16-17H,2-3,5,11-13,15,18,27H2,1H3. The summed E-state index contributed by atoms with van der Waals surface area (Å²) in [5, 5.41) is 1.98. The van der Waals surface area contributed by atoms with Crippen molar-refractivity contribution >= 4 is 28.2 Å². The summed E-state index contributed by atoms with van der Waals surface area (Å²) >= 11 is 0. The number of fused-ring (bicyclic) bond motifs is 2. The smallest absolute Gasteiger partial charge is 0.168 e. The van der Waals surface area contributed by atoms with Gasteiger partial charge in [-0.25, -0.2) is 0 Å². The maximum absolute atomic E-state index is 6.61. The fraction of sp³-hybridized carbons (Fsp3) is 0.346. The molecule has 0 aliphatic carbocycles. The van der Waals surface area contributed by atoms with Crippen LogP contribution < -0.4 is 20.1 Å². The largest absolute Gasteiger partial charge is 0.492 e. The molecule has 2 aliphatic rings. The molecule has 6 nitrogen and oxygen atoms in total. The van der Waals surface area contributed by atoms with Crippen molar-refractivity contribution in [2.24, 2.45) is 0 Å². The number of aromatic nitrogens is 1. The molecule has 32 heavy (non-hydrogen) atoms.